The van der Waals surface area contributed by atoms with E-state index in [0.29, 0.717) is 12.2 Å². The molecule has 1 aromatic carbocycles. The lowest BCUT2D eigenvalue weighted by molar-refractivity contribution is -0.385. The molecule has 0 unspecified atom stereocenters. The van der Waals surface area contributed by atoms with Crippen LogP contribution < -0.4 is 10.0 Å². The maximum atomic E-state index is 12.4. The molecule has 0 aliphatic heterocycles. The van der Waals surface area contributed by atoms with Crippen LogP contribution in [0.4, 0.5) is 11.4 Å². The van der Waals surface area contributed by atoms with Crippen LogP contribution in [0, 0.1) is 15.5 Å². The van der Waals surface area contributed by atoms with Crippen LogP contribution in [0.15, 0.2) is 23.1 Å². The third-order valence-electron chi connectivity index (χ3n) is 2.63. The van der Waals surface area contributed by atoms with Gasteiger partial charge in [0.1, 0.15) is 4.90 Å². The van der Waals surface area contributed by atoms with Crippen molar-refractivity contribution in [2.75, 3.05) is 18.4 Å². The van der Waals surface area contributed by atoms with E-state index in [-0.39, 0.29) is 22.5 Å². The van der Waals surface area contributed by atoms with Gasteiger partial charge in [-0.15, -0.1) is 0 Å². The summed E-state index contributed by atoms with van der Waals surface area (Å²) in [7, 11) is -3.82. The molecule has 0 bridgehead atoms. The van der Waals surface area contributed by atoms with Crippen LogP contribution in [-0.2, 0) is 10.0 Å². The fourth-order valence-corrected chi connectivity index (χ4v) is 3.06. The standard InChI is InChI=1S/C13H21N3O4S/c1-5-14-11-7-6-10(16(17)18)8-12(11)21(19,20)15-9-13(2,3)4/h6-8,14-15H,5,9H2,1-4H3. The highest BCUT2D eigenvalue weighted by atomic mass is 32.2. The predicted octanol–water partition coefficient (Wildman–Crippen LogP) is 2.35. The normalized spacial score (nSPS) is 12.2. The van der Waals surface area contributed by atoms with Crippen LogP contribution >= 0.6 is 0 Å². The molecule has 0 aliphatic rings. The van der Waals surface area contributed by atoms with E-state index in [1.54, 1.807) is 0 Å². The molecule has 0 aliphatic carbocycles. The zero-order chi connectivity index (χ0) is 16.3. The summed E-state index contributed by atoms with van der Waals surface area (Å²) in [5, 5.41) is 13.7. The maximum absolute atomic E-state index is 12.4. The van der Waals surface area contributed by atoms with Crippen molar-refractivity contribution >= 4 is 21.4 Å². The molecule has 118 valence electrons. The largest absolute Gasteiger partial charge is 0.384 e. The first kappa shape index (κ1) is 17.4. The van der Waals surface area contributed by atoms with Gasteiger partial charge in [0.2, 0.25) is 10.0 Å². The molecule has 0 fully saturated rings. The Bertz CT molecular complexity index is 621. The number of anilines is 1. The lowest BCUT2D eigenvalue weighted by atomic mass is 9.98. The Kier molecular flexibility index (Phi) is 5.30. The van der Waals surface area contributed by atoms with E-state index in [1.807, 2.05) is 27.7 Å². The van der Waals surface area contributed by atoms with E-state index in [0.717, 1.165) is 6.07 Å². The van der Waals surface area contributed by atoms with Gasteiger partial charge in [-0.05, 0) is 18.4 Å². The summed E-state index contributed by atoms with van der Waals surface area (Å²) < 4.78 is 27.2. The molecular weight excluding hydrogens is 294 g/mol. The Hall–Kier alpha value is -1.67. The zero-order valence-electron chi connectivity index (χ0n) is 12.6. The van der Waals surface area contributed by atoms with Gasteiger partial charge in [0.05, 0.1) is 10.6 Å². The van der Waals surface area contributed by atoms with E-state index in [4.69, 9.17) is 0 Å². The number of nitrogens with zero attached hydrogens (tertiary/aromatic N) is 1. The summed E-state index contributed by atoms with van der Waals surface area (Å²) in [6.07, 6.45) is 0. The van der Waals surface area contributed by atoms with Crippen molar-refractivity contribution in [3.63, 3.8) is 0 Å². The van der Waals surface area contributed by atoms with Crippen molar-refractivity contribution in [3.8, 4) is 0 Å². The molecule has 0 radical (unpaired) electrons. The highest BCUT2D eigenvalue weighted by Gasteiger charge is 2.24. The number of benzene rings is 1. The topological polar surface area (TPSA) is 101 Å². The van der Waals surface area contributed by atoms with Crippen molar-refractivity contribution in [2.24, 2.45) is 5.41 Å². The molecule has 2 N–H and O–H groups in total. The average molecular weight is 315 g/mol. The van der Waals surface area contributed by atoms with Crippen LogP contribution in [0.25, 0.3) is 0 Å². The molecule has 0 saturated heterocycles. The Morgan fingerprint density at radius 2 is 1.90 bits per heavy atom. The quantitative estimate of drug-likeness (QED) is 0.620. The van der Waals surface area contributed by atoms with Crippen LogP contribution in [-0.4, -0.2) is 26.4 Å². The summed E-state index contributed by atoms with van der Waals surface area (Å²) in [5.74, 6) is 0. The molecule has 0 atom stereocenters. The lowest BCUT2D eigenvalue weighted by Crippen LogP contribution is -2.32. The highest BCUT2D eigenvalue weighted by Crippen LogP contribution is 2.26. The molecule has 0 saturated carbocycles. The summed E-state index contributed by atoms with van der Waals surface area (Å²) in [6.45, 7) is 8.26. The van der Waals surface area contributed by atoms with Crippen LogP contribution in [0.1, 0.15) is 27.7 Å². The summed E-state index contributed by atoms with van der Waals surface area (Å²) in [4.78, 5) is 10.1. The van der Waals surface area contributed by atoms with Crippen LogP contribution in [0.3, 0.4) is 0 Å². The zero-order valence-corrected chi connectivity index (χ0v) is 13.5. The number of nitro benzene ring substituents is 1. The van der Waals surface area contributed by atoms with Gasteiger partial charge in [0.15, 0.2) is 0 Å². The Labute approximate surface area is 124 Å². The molecule has 8 heteroatoms. The molecule has 7 nitrogen and oxygen atoms in total. The first-order valence-corrected chi connectivity index (χ1v) is 8.07. The average Bonchev–Trinajstić information content (AvgIpc) is 2.36. The Morgan fingerprint density at radius 1 is 1.29 bits per heavy atom. The second-order valence-electron chi connectivity index (χ2n) is 5.85. The van der Waals surface area contributed by atoms with E-state index < -0.39 is 14.9 Å². The second-order valence-corrected chi connectivity index (χ2v) is 7.59. The van der Waals surface area contributed by atoms with E-state index in [2.05, 4.69) is 10.0 Å². The molecule has 0 heterocycles. The van der Waals surface area contributed by atoms with Crippen molar-refractivity contribution in [2.45, 2.75) is 32.6 Å². The van der Waals surface area contributed by atoms with Gasteiger partial charge in [-0.2, -0.15) is 0 Å². The Balaban J connectivity index is 3.23. The summed E-state index contributed by atoms with van der Waals surface area (Å²) in [5.41, 5.74) is -0.135. The molecule has 0 aromatic heterocycles. The van der Waals surface area contributed by atoms with E-state index >= 15 is 0 Å². The van der Waals surface area contributed by atoms with Crippen molar-refractivity contribution < 1.29 is 13.3 Å². The minimum Gasteiger partial charge on any atom is -0.384 e. The maximum Gasteiger partial charge on any atom is 0.270 e. The third-order valence-corrected chi connectivity index (χ3v) is 4.07. The van der Waals surface area contributed by atoms with Gasteiger partial charge >= 0.3 is 0 Å². The number of hydrogen-bond acceptors (Lipinski definition) is 5. The summed E-state index contributed by atoms with van der Waals surface area (Å²) >= 11 is 0. The fourth-order valence-electron chi connectivity index (χ4n) is 1.57. The van der Waals surface area contributed by atoms with Crippen LogP contribution in [0.5, 0.6) is 0 Å². The Morgan fingerprint density at radius 3 is 2.38 bits per heavy atom. The molecular formula is C13H21N3O4S. The van der Waals surface area contributed by atoms with Gasteiger partial charge in [0.25, 0.3) is 5.69 Å². The van der Waals surface area contributed by atoms with Gasteiger partial charge in [-0.1, -0.05) is 20.8 Å². The molecule has 1 rings (SSSR count). The smallest absolute Gasteiger partial charge is 0.270 e. The van der Waals surface area contributed by atoms with Crippen molar-refractivity contribution in [3.05, 3.63) is 28.3 Å². The van der Waals surface area contributed by atoms with Crippen LogP contribution in [0.2, 0.25) is 0 Å². The monoisotopic (exact) mass is 315 g/mol. The fraction of sp³-hybridized carbons (Fsp3) is 0.538. The lowest BCUT2D eigenvalue weighted by Gasteiger charge is -2.19. The van der Waals surface area contributed by atoms with Gasteiger partial charge < -0.3 is 5.32 Å². The van der Waals surface area contributed by atoms with Gasteiger partial charge in [-0.3, -0.25) is 10.1 Å². The SMILES string of the molecule is CCNc1ccc([N+](=O)[O-])cc1S(=O)(=O)NCC(C)(C)C. The first-order chi connectivity index (χ1) is 9.57. The number of non-ortho nitro benzene ring substituents is 1. The number of nitrogens with one attached hydrogen (secondary N) is 2. The number of nitro groups is 1. The number of rotatable bonds is 6. The third kappa shape index (κ3) is 4.98. The number of hydrogen-bond donors (Lipinski definition) is 2. The minimum atomic E-state index is -3.82. The van der Waals surface area contributed by atoms with Gasteiger partial charge in [0, 0.05) is 25.2 Å². The van der Waals surface area contributed by atoms with Crippen molar-refractivity contribution in [1.29, 1.82) is 0 Å². The molecule has 0 amide bonds. The molecule has 0 spiro atoms. The molecule has 21 heavy (non-hydrogen) atoms. The van der Waals surface area contributed by atoms with E-state index in [9.17, 15) is 18.5 Å². The predicted molar refractivity (Wildman–Crippen MR) is 81.9 cm³/mol. The summed E-state index contributed by atoms with van der Waals surface area (Å²) in [6, 6.07) is 3.76. The minimum absolute atomic E-state index is 0.109. The van der Waals surface area contributed by atoms with Gasteiger partial charge in [-0.25, -0.2) is 13.1 Å². The van der Waals surface area contributed by atoms with E-state index in [1.165, 1.54) is 12.1 Å². The number of sulfonamides is 1. The molecule has 1 aromatic rings. The second kappa shape index (κ2) is 6.40. The van der Waals surface area contributed by atoms with Crippen molar-refractivity contribution in [1.82, 2.24) is 4.72 Å². The first-order valence-electron chi connectivity index (χ1n) is 6.59. The highest BCUT2D eigenvalue weighted by molar-refractivity contribution is 7.89.